The van der Waals surface area contributed by atoms with Crippen LogP contribution in [0.3, 0.4) is 0 Å². The van der Waals surface area contributed by atoms with Gasteiger partial charge in [0.15, 0.2) is 0 Å². The Labute approximate surface area is 85.8 Å². The lowest BCUT2D eigenvalue weighted by molar-refractivity contribution is 0.828. The summed E-state index contributed by atoms with van der Waals surface area (Å²) in [6.45, 7) is 2.18. The van der Waals surface area contributed by atoms with Gasteiger partial charge in [0.05, 0.1) is 0 Å². The van der Waals surface area contributed by atoms with Crippen LogP contribution < -0.4 is 0 Å². The monoisotopic (exact) mass is 190 g/mol. The molecule has 1 rings (SSSR count). The second-order valence-electron chi connectivity index (χ2n) is 2.96. The van der Waals surface area contributed by atoms with Crippen molar-refractivity contribution in [2.45, 2.75) is 31.1 Å². The summed E-state index contributed by atoms with van der Waals surface area (Å²) in [5.41, 5.74) is 1.06. The van der Waals surface area contributed by atoms with E-state index in [0.717, 1.165) is 16.9 Å². The van der Waals surface area contributed by atoms with Crippen molar-refractivity contribution in [1.29, 1.82) is 0 Å². The zero-order chi connectivity index (χ0) is 9.52. The van der Waals surface area contributed by atoms with E-state index in [1.54, 1.807) is 0 Å². The molecule has 13 heavy (non-hydrogen) atoms. The van der Waals surface area contributed by atoms with E-state index < -0.39 is 0 Å². The van der Waals surface area contributed by atoms with Gasteiger partial charge in [-0.05, 0) is 24.6 Å². The van der Waals surface area contributed by atoms with Gasteiger partial charge in [0.25, 0.3) is 0 Å². The van der Waals surface area contributed by atoms with Crippen molar-refractivity contribution in [1.82, 2.24) is 0 Å². The molecule has 0 nitrogen and oxygen atoms in total. The Balaban J connectivity index is 2.56. The average molecular weight is 190 g/mol. The first kappa shape index (κ1) is 10.2. The molecule has 0 fully saturated rings. The fraction of sp³-hybridized carbons (Fsp3) is 0.333. The van der Waals surface area contributed by atoms with Crippen LogP contribution in [0.5, 0.6) is 0 Å². The van der Waals surface area contributed by atoms with E-state index in [1.807, 2.05) is 24.3 Å². The van der Waals surface area contributed by atoms with Gasteiger partial charge in [-0.15, -0.1) is 12.6 Å². The first-order valence-corrected chi connectivity index (χ1v) is 5.05. The van der Waals surface area contributed by atoms with Crippen molar-refractivity contribution in [2.75, 3.05) is 0 Å². The zero-order valence-electron chi connectivity index (χ0n) is 7.88. The van der Waals surface area contributed by atoms with E-state index in [2.05, 4.69) is 31.4 Å². The van der Waals surface area contributed by atoms with Gasteiger partial charge in [0, 0.05) is 16.9 Å². The minimum atomic E-state index is 0.974. The molecule has 0 saturated heterocycles. The van der Waals surface area contributed by atoms with Crippen molar-refractivity contribution < 1.29 is 0 Å². The molecule has 0 bridgehead atoms. The molecule has 0 saturated carbocycles. The molecule has 0 heterocycles. The smallest absolute Gasteiger partial charge is 0.0256 e. The molecule has 0 spiro atoms. The van der Waals surface area contributed by atoms with Crippen LogP contribution in [0.25, 0.3) is 0 Å². The van der Waals surface area contributed by atoms with Gasteiger partial charge in [-0.1, -0.05) is 31.3 Å². The second-order valence-corrected chi connectivity index (χ2v) is 3.47. The number of hydrogen-bond acceptors (Lipinski definition) is 1. The quantitative estimate of drug-likeness (QED) is 0.412. The van der Waals surface area contributed by atoms with Crippen molar-refractivity contribution >= 4 is 12.6 Å². The number of benzene rings is 1. The molecule has 1 heteroatoms. The third-order valence-corrected chi connectivity index (χ3v) is 2.01. The van der Waals surface area contributed by atoms with E-state index in [-0.39, 0.29) is 0 Å². The standard InChI is InChI=1S/C12H14S/c1-2-3-4-5-7-11-8-6-9-12(13)10-11/h6,8-10,13H,2-4H2,1H3. The average Bonchev–Trinajstić information content (AvgIpc) is 2.13. The Kier molecular flexibility index (Phi) is 4.49. The molecule has 1 aromatic rings. The zero-order valence-corrected chi connectivity index (χ0v) is 8.77. The van der Waals surface area contributed by atoms with E-state index in [1.165, 1.54) is 12.8 Å². The maximum absolute atomic E-state index is 4.25. The molecule has 68 valence electrons. The molecule has 0 radical (unpaired) electrons. The highest BCUT2D eigenvalue weighted by molar-refractivity contribution is 7.80. The summed E-state index contributed by atoms with van der Waals surface area (Å²) in [6, 6.07) is 7.94. The predicted molar refractivity (Wildman–Crippen MR) is 60.1 cm³/mol. The third kappa shape index (κ3) is 4.05. The van der Waals surface area contributed by atoms with Gasteiger partial charge in [-0.3, -0.25) is 0 Å². The molecule has 1 aromatic carbocycles. The lowest BCUT2D eigenvalue weighted by Crippen LogP contribution is -1.74. The molecule has 0 N–H and O–H groups in total. The Morgan fingerprint density at radius 1 is 1.38 bits per heavy atom. The van der Waals surface area contributed by atoms with Gasteiger partial charge in [-0.25, -0.2) is 0 Å². The maximum atomic E-state index is 4.25. The van der Waals surface area contributed by atoms with E-state index in [4.69, 9.17) is 0 Å². The van der Waals surface area contributed by atoms with Gasteiger partial charge < -0.3 is 0 Å². The molecule has 0 amide bonds. The van der Waals surface area contributed by atoms with E-state index in [0.29, 0.717) is 0 Å². The Morgan fingerprint density at radius 3 is 2.92 bits per heavy atom. The van der Waals surface area contributed by atoms with Gasteiger partial charge in [0.2, 0.25) is 0 Å². The SMILES string of the molecule is CCCCC#Cc1cccc(S)c1. The lowest BCUT2D eigenvalue weighted by atomic mass is 10.2. The molecule has 0 aromatic heterocycles. The third-order valence-electron chi connectivity index (χ3n) is 1.73. The topological polar surface area (TPSA) is 0 Å². The van der Waals surface area contributed by atoms with Crippen LogP contribution in [-0.2, 0) is 0 Å². The number of unbranched alkanes of at least 4 members (excludes halogenated alkanes) is 2. The fourth-order valence-corrected chi connectivity index (χ4v) is 1.24. The van der Waals surface area contributed by atoms with Crippen molar-refractivity contribution in [3.63, 3.8) is 0 Å². The first-order valence-electron chi connectivity index (χ1n) is 4.61. The van der Waals surface area contributed by atoms with Crippen molar-refractivity contribution in [3.05, 3.63) is 29.8 Å². The summed E-state index contributed by atoms with van der Waals surface area (Å²) in [4.78, 5) is 0.974. The van der Waals surface area contributed by atoms with E-state index >= 15 is 0 Å². The minimum absolute atomic E-state index is 0.974. The van der Waals surface area contributed by atoms with Gasteiger partial charge >= 0.3 is 0 Å². The van der Waals surface area contributed by atoms with Crippen LogP contribution in [-0.4, -0.2) is 0 Å². The lowest BCUT2D eigenvalue weighted by Gasteiger charge is -1.91. The molecule has 0 aliphatic heterocycles. The molecule has 0 atom stereocenters. The molecule has 0 aliphatic carbocycles. The number of thiol groups is 1. The summed E-state index contributed by atoms with van der Waals surface area (Å²) < 4.78 is 0. The number of rotatable bonds is 2. The highest BCUT2D eigenvalue weighted by Crippen LogP contribution is 2.07. The van der Waals surface area contributed by atoms with Crippen LogP contribution in [0.15, 0.2) is 29.2 Å². The van der Waals surface area contributed by atoms with Crippen LogP contribution in [0.4, 0.5) is 0 Å². The van der Waals surface area contributed by atoms with Crippen LogP contribution in [0.1, 0.15) is 31.7 Å². The minimum Gasteiger partial charge on any atom is -0.143 e. The van der Waals surface area contributed by atoms with E-state index in [9.17, 15) is 0 Å². The second kappa shape index (κ2) is 5.72. The van der Waals surface area contributed by atoms with Crippen LogP contribution >= 0.6 is 12.6 Å². The Morgan fingerprint density at radius 2 is 2.23 bits per heavy atom. The van der Waals surface area contributed by atoms with Crippen LogP contribution in [0, 0.1) is 11.8 Å². The normalized spacial score (nSPS) is 9.08. The molecule has 0 unspecified atom stereocenters. The summed E-state index contributed by atoms with van der Waals surface area (Å²) in [7, 11) is 0. The van der Waals surface area contributed by atoms with Crippen LogP contribution in [0.2, 0.25) is 0 Å². The van der Waals surface area contributed by atoms with Gasteiger partial charge in [0.1, 0.15) is 0 Å². The first-order chi connectivity index (χ1) is 6.33. The summed E-state index contributed by atoms with van der Waals surface area (Å²) in [5.74, 6) is 6.27. The molecular formula is C12H14S. The summed E-state index contributed by atoms with van der Waals surface area (Å²) >= 11 is 4.25. The predicted octanol–water partition coefficient (Wildman–Crippen LogP) is 3.52. The Bertz CT molecular complexity index is 317. The fourth-order valence-electron chi connectivity index (χ4n) is 1.01. The highest BCUT2D eigenvalue weighted by atomic mass is 32.1. The maximum Gasteiger partial charge on any atom is 0.0256 e. The largest absolute Gasteiger partial charge is 0.143 e. The van der Waals surface area contributed by atoms with Crippen molar-refractivity contribution in [2.24, 2.45) is 0 Å². The molecular weight excluding hydrogens is 176 g/mol. The highest BCUT2D eigenvalue weighted by Gasteiger charge is 1.86. The summed E-state index contributed by atoms with van der Waals surface area (Å²) in [5, 5.41) is 0. The summed E-state index contributed by atoms with van der Waals surface area (Å²) in [6.07, 6.45) is 3.39. The number of hydrogen-bond donors (Lipinski definition) is 1. The molecule has 0 aliphatic rings. The Hall–Kier alpha value is -0.870. The van der Waals surface area contributed by atoms with Gasteiger partial charge in [-0.2, -0.15) is 0 Å². The van der Waals surface area contributed by atoms with Crippen molar-refractivity contribution in [3.8, 4) is 11.8 Å².